The molecular formula is C19H31ClIN5O2S. The number of anilines is 1. The van der Waals surface area contributed by atoms with Crippen LogP contribution in [0.3, 0.4) is 0 Å². The van der Waals surface area contributed by atoms with Crippen molar-refractivity contribution >= 4 is 57.2 Å². The highest BCUT2D eigenvalue weighted by Crippen LogP contribution is 2.23. The first-order valence-electron chi connectivity index (χ1n) is 9.85. The van der Waals surface area contributed by atoms with Crippen LogP contribution in [0.5, 0.6) is 0 Å². The van der Waals surface area contributed by atoms with E-state index in [1.807, 2.05) is 25.1 Å². The molecule has 0 saturated carbocycles. The maximum Gasteiger partial charge on any atom is 0.211 e. The van der Waals surface area contributed by atoms with Crippen molar-refractivity contribution in [3.8, 4) is 0 Å². The number of hydrogen-bond acceptors (Lipinski definition) is 4. The molecule has 0 spiro atoms. The van der Waals surface area contributed by atoms with Gasteiger partial charge in [-0.2, -0.15) is 0 Å². The Labute approximate surface area is 196 Å². The molecule has 29 heavy (non-hydrogen) atoms. The van der Waals surface area contributed by atoms with Crippen molar-refractivity contribution in [1.29, 1.82) is 0 Å². The van der Waals surface area contributed by atoms with Crippen LogP contribution >= 0.6 is 35.6 Å². The van der Waals surface area contributed by atoms with Crippen molar-refractivity contribution in [2.24, 2.45) is 10.9 Å². The minimum absolute atomic E-state index is 0. The molecule has 2 unspecified atom stereocenters. The van der Waals surface area contributed by atoms with Gasteiger partial charge in [0.15, 0.2) is 5.96 Å². The summed E-state index contributed by atoms with van der Waals surface area (Å²) in [4.78, 5) is 7.05. The molecule has 10 heteroatoms. The van der Waals surface area contributed by atoms with Crippen molar-refractivity contribution < 1.29 is 8.42 Å². The lowest BCUT2D eigenvalue weighted by Gasteiger charge is -2.21. The van der Waals surface area contributed by atoms with Gasteiger partial charge in [0.2, 0.25) is 10.0 Å². The van der Waals surface area contributed by atoms with Gasteiger partial charge in [-0.25, -0.2) is 12.7 Å². The molecule has 2 atom stereocenters. The molecule has 7 nitrogen and oxygen atoms in total. The maximum atomic E-state index is 11.7. The lowest BCUT2D eigenvalue weighted by molar-refractivity contribution is 0.463. The minimum atomic E-state index is -3.10. The number of nitrogens with zero attached hydrogens (tertiary/aromatic N) is 3. The van der Waals surface area contributed by atoms with Gasteiger partial charge >= 0.3 is 0 Å². The molecule has 3 rings (SSSR count). The van der Waals surface area contributed by atoms with E-state index in [2.05, 4.69) is 21.6 Å². The zero-order valence-electron chi connectivity index (χ0n) is 17.0. The molecule has 0 aliphatic carbocycles. The van der Waals surface area contributed by atoms with Crippen LogP contribution in [0.1, 0.15) is 19.8 Å². The predicted molar refractivity (Wildman–Crippen MR) is 131 cm³/mol. The Morgan fingerprint density at radius 1 is 1.28 bits per heavy atom. The van der Waals surface area contributed by atoms with E-state index in [-0.39, 0.29) is 29.9 Å². The molecule has 1 aromatic carbocycles. The van der Waals surface area contributed by atoms with E-state index in [4.69, 9.17) is 16.6 Å². The van der Waals surface area contributed by atoms with Gasteiger partial charge in [0.1, 0.15) is 0 Å². The van der Waals surface area contributed by atoms with Gasteiger partial charge in [-0.15, -0.1) is 24.0 Å². The van der Waals surface area contributed by atoms with Crippen LogP contribution in [-0.2, 0) is 10.0 Å². The average molecular weight is 556 g/mol. The highest BCUT2D eigenvalue weighted by molar-refractivity contribution is 14.0. The summed E-state index contributed by atoms with van der Waals surface area (Å²) in [5, 5.41) is 7.59. The van der Waals surface area contributed by atoms with Crippen molar-refractivity contribution in [2.75, 3.05) is 50.4 Å². The van der Waals surface area contributed by atoms with Crippen LogP contribution in [0.25, 0.3) is 0 Å². The molecule has 0 radical (unpaired) electrons. The highest BCUT2D eigenvalue weighted by Gasteiger charge is 2.28. The monoisotopic (exact) mass is 555 g/mol. The zero-order valence-corrected chi connectivity index (χ0v) is 20.9. The van der Waals surface area contributed by atoms with Gasteiger partial charge < -0.3 is 15.5 Å². The molecule has 164 valence electrons. The standard InChI is InChI=1S/C19H30ClN5O2S.HI/c1-3-21-19(22-12-15-7-10-25(13-15)28(2,26)27)23-17-8-9-24(14-17)18-6-4-5-16(20)11-18;/h4-6,11,15,17H,3,7-10,12-14H2,1-2H3,(H2,21,22,23);1H. The van der Waals surface area contributed by atoms with Gasteiger partial charge in [-0.1, -0.05) is 17.7 Å². The van der Waals surface area contributed by atoms with E-state index in [9.17, 15) is 8.42 Å². The summed E-state index contributed by atoms with van der Waals surface area (Å²) in [6, 6.07) is 8.26. The summed E-state index contributed by atoms with van der Waals surface area (Å²) in [5.74, 6) is 1.08. The molecule has 2 fully saturated rings. The van der Waals surface area contributed by atoms with Gasteiger partial charge in [0.05, 0.1) is 6.26 Å². The maximum absolute atomic E-state index is 11.7. The van der Waals surface area contributed by atoms with Crippen molar-refractivity contribution in [3.63, 3.8) is 0 Å². The average Bonchev–Trinajstić information content (AvgIpc) is 3.29. The number of benzene rings is 1. The van der Waals surface area contributed by atoms with Crippen LogP contribution < -0.4 is 15.5 Å². The molecular weight excluding hydrogens is 525 g/mol. The molecule has 1 aromatic rings. The van der Waals surface area contributed by atoms with Gasteiger partial charge in [-0.3, -0.25) is 4.99 Å². The van der Waals surface area contributed by atoms with E-state index in [0.717, 1.165) is 49.1 Å². The smallest absolute Gasteiger partial charge is 0.211 e. The Balaban J connectivity index is 0.00000300. The molecule has 0 aromatic heterocycles. The summed E-state index contributed by atoms with van der Waals surface area (Å²) in [6.45, 7) is 6.50. The molecule has 2 N–H and O–H groups in total. The van der Waals surface area contributed by atoms with Crippen LogP contribution in [-0.4, -0.2) is 70.2 Å². The quantitative estimate of drug-likeness (QED) is 0.320. The second kappa shape index (κ2) is 11.0. The largest absolute Gasteiger partial charge is 0.369 e. The van der Waals surface area contributed by atoms with Crippen LogP contribution in [0.2, 0.25) is 5.02 Å². The van der Waals surface area contributed by atoms with Gasteiger partial charge in [-0.05, 0) is 43.9 Å². The van der Waals surface area contributed by atoms with E-state index < -0.39 is 10.0 Å². The lowest BCUT2D eigenvalue weighted by atomic mass is 10.1. The normalized spacial score (nSPS) is 23.1. The second-order valence-electron chi connectivity index (χ2n) is 7.55. The third-order valence-electron chi connectivity index (χ3n) is 5.27. The summed E-state index contributed by atoms with van der Waals surface area (Å²) in [6.07, 6.45) is 3.17. The van der Waals surface area contributed by atoms with Gasteiger partial charge in [0, 0.05) is 56.0 Å². The Morgan fingerprint density at radius 2 is 2.07 bits per heavy atom. The number of hydrogen-bond donors (Lipinski definition) is 2. The van der Waals surface area contributed by atoms with Crippen LogP contribution in [0.15, 0.2) is 29.3 Å². The Morgan fingerprint density at radius 3 is 2.72 bits per heavy atom. The summed E-state index contributed by atoms with van der Waals surface area (Å²) < 4.78 is 24.9. The number of halogens is 2. The van der Waals surface area contributed by atoms with Crippen molar-refractivity contribution in [2.45, 2.75) is 25.8 Å². The topological polar surface area (TPSA) is 77.0 Å². The van der Waals surface area contributed by atoms with E-state index >= 15 is 0 Å². The molecule has 0 amide bonds. The highest BCUT2D eigenvalue weighted by atomic mass is 127. The van der Waals surface area contributed by atoms with E-state index in [1.165, 1.54) is 6.26 Å². The van der Waals surface area contributed by atoms with E-state index in [1.54, 1.807) is 4.31 Å². The first-order chi connectivity index (χ1) is 13.3. The minimum Gasteiger partial charge on any atom is -0.369 e. The first kappa shape index (κ1) is 24.5. The SMILES string of the molecule is CCNC(=NCC1CCN(S(C)(=O)=O)C1)NC1CCN(c2cccc(Cl)c2)C1.I. The molecule has 2 heterocycles. The fourth-order valence-electron chi connectivity index (χ4n) is 3.77. The third kappa shape index (κ3) is 7.15. The predicted octanol–water partition coefficient (Wildman–Crippen LogP) is 2.37. The molecule has 2 aliphatic heterocycles. The fourth-order valence-corrected chi connectivity index (χ4v) is 4.87. The number of sulfonamides is 1. The first-order valence-corrected chi connectivity index (χ1v) is 12.1. The summed E-state index contributed by atoms with van der Waals surface area (Å²) in [5.41, 5.74) is 1.14. The van der Waals surface area contributed by atoms with Crippen LogP contribution in [0.4, 0.5) is 5.69 Å². The fraction of sp³-hybridized carbons (Fsp3) is 0.632. The van der Waals surface area contributed by atoms with E-state index in [0.29, 0.717) is 25.7 Å². The third-order valence-corrected chi connectivity index (χ3v) is 6.78. The summed E-state index contributed by atoms with van der Waals surface area (Å²) in [7, 11) is -3.10. The molecule has 2 aliphatic rings. The van der Waals surface area contributed by atoms with Crippen molar-refractivity contribution in [3.05, 3.63) is 29.3 Å². The molecule has 2 saturated heterocycles. The zero-order chi connectivity index (χ0) is 20.1. The Bertz CT molecular complexity index is 808. The number of aliphatic imine (C=N–C) groups is 1. The lowest BCUT2D eigenvalue weighted by Crippen LogP contribution is -2.45. The van der Waals surface area contributed by atoms with Crippen LogP contribution in [0, 0.1) is 5.92 Å². The second-order valence-corrected chi connectivity index (χ2v) is 9.97. The molecule has 0 bridgehead atoms. The number of rotatable bonds is 6. The Kier molecular flexibility index (Phi) is 9.30. The number of guanidine groups is 1. The Hall–Kier alpha value is -0.780. The number of nitrogens with one attached hydrogen (secondary N) is 2. The van der Waals surface area contributed by atoms with Crippen molar-refractivity contribution in [1.82, 2.24) is 14.9 Å². The van der Waals surface area contributed by atoms with Gasteiger partial charge in [0.25, 0.3) is 0 Å². The summed E-state index contributed by atoms with van der Waals surface area (Å²) >= 11 is 6.11.